The zero-order valence-electron chi connectivity index (χ0n) is 13.6. The van der Waals surface area contributed by atoms with Crippen molar-refractivity contribution in [1.29, 1.82) is 0 Å². The molecule has 0 fully saturated rings. The molecule has 2 aromatic heterocycles. The van der Waals surface area contributed by atoms with Crippen LogP contribution in [-0.2, 0) is 19.4 Å². The van der Waals surface area contributed by atoms with Crippen molar-refractivity contribution < 1.29 is 0 Å². The lowest BCUT2D eigenvalue weighted by molar-refractivity contribution is 0.505. The van der Waals surface area contributed by atoms with Crippen molar-refractivity contribution in [1.82, 2.24) is 20.1 Å². The predicted octanol–water partition coefficient (Wildman–Crippen LogP) is 3.06. The molecule has 0 amide bonds. The second-order valence-corrected chi connectivity index (χ2v) is 5.31. The SMILES string of the molecule is CCNC(Cc1cc(CC)nn1CC)c1cccc(C)n1. The summed E-state index contributed by atoms with van der Waals surface area (Å²) < 4.78 is 2.11. The van der Waals surface area contributed by atoms with E-state index in [4.69, 9.17) is 0 Å². The van der Waals surface area contributed by atoms with Crippen LogP contribution in [0.2, 0.25) is 0 Å². The third-order valence-electron chi connectivity index (χ3n) is 3.71. The summed E-state index contributed by atoms with van der Waals surface area (Å²) in [5.74, 6) is 0. The average Bonchev–Trinajstić information content (AvgIpc) is 2.89. The summed E-state index contributed by atoms with van der Waals surface area (Å²) in [6, 6.07) is 8.69. The highest BCUT2D eigenvalue weighted by atomic mass is 15.3. The van der Waals surface area contributed by atoms with Gasteiger partial charge in [0.1, 0.15) is 0 Å². The first kappa shape index (κ1) is 15.7. The number of rotatable bonds is 7. The first-order valence-electron chi connectivity index (χ1n) is 7.90. The minimum atomic E-state index is 0.238. The monoisotopic (exact) mass is 286 g/mol. The van der Waals surface area contributed by atoms with E-state index in [0.717, 1.165) is 37.3 Å². The van der Waals surface area contributed by atoms with Gasteiger partial charge in [0.2, 0.25) is 0 Å². The van der Waals surface area contributed by atoms with Crippen LogP contribution >= 0.6 is 0 Å². The molecule has 1 N–H and O–H groups in total. The highest BCUT2D eigenvalue weighted by molar-refractivity contribution is 5.18. The summed E-state index contributed by atoms with van der Waals surface area (Å²) >= 11 is 0. The fourth-order valence-electron chi connectivity index (χ4n) is 2.62. The maximum atomic E-state index is 4.68. The van der Waals surface area contributed by atoms with Gasteiger partial charge in [0, 0.05) is 24.4 Å². The fraction of sp³-hybridized carbons (Fsp3) is 0.529. The van der Waals surface area contributed by atoms with Gasteiger partial charge in [-0.05, 0) is 45.0 Å². The molecule has 21 heavy (non-hydrogen) atoms. The van der Waals surface area contributed by atoms with Crippen LogP contribution in [-0.4, -0.2) is 21.3 Å². The summed E-state index contributed by atoms with van der Waals surface area (Å²) in [6.45, 7) is 10.3. The van der Waals surface area contributed by atoms with E-state index in [1.807, 2.05) is 13.0 Å². The number of hydrogen-bond acceptors (Lipinski definition) is 3. The van der Waals surface area contributed by atoms with Crippen molar-refractivity contribution in [3.63, 3.8) is 0 Å². The largest absolute Gasteiger partial charge is 0.309 e. The summed E-state index contributed by atoms with van der Waals surface area (Å²) in [6.07, 6.45) is 1.90. The number of nitrogens with zero attached hydrogens (tertiary/aromatic N) is 3. The smallest absolute Gasteiger partial charge is 0.0624 e. The minimum Gasteiger partial charge on any atom is -0.309 e. The van der Waals surface area contributed by atoms with Gasteiger partial charge in [-0.25, -0.2) is 0 Å². The predicted molar refractivity (Wildman–Crippen MR) is 86.4 cm³/mol. The van der Waals surface area contributed by atoms with Crippen LogP contribution in [0.4, 0.5) is 0 Å². The van der Waals surface area contributed by atoms with Crippen LogP contribution in [0.15, 0.2) is 24.3 Å². The maximum absolute atomic E-state index is 4.68. The lowest BCUT2D eigenvalue weighted by Crippen LogP contribution is -2.25. The third kappa shape index (κ3) is 3.91. The molecule has 0 aliphatic heterocycles. The van der Waals surface area contributed by atoms with E-state index < -0.39 is 0 Å². The third-order valence-corrected chi connectivity index (χ3v) is 3.71. The van der Waals surface area contributed by atoms with Crippen LogP contribution in [0, 0.1) is 6.92 Å². The second kappa shape index (κ2) is 7.36. The van der Waals surface area contributed by atoms with Gasteiger partial charge >= 0.3 is 0 Å². The molecule has 0 spiro atoms. The first-order chi connectivity index (χ1) is 10.2. The Labute approximate surface area is 127 Å². The summed E-state index contributed by atoms with van der Waals surface area (Å²) in [5.41, 5.74) is 4.62. The van der Waals surface area contributed by atoms with Gasteiger partial charge in [-0.1, -0.05) is 19.9 Å². The Morgan fingerprint density at radius 2 is 2.05 bits per heavy atom. The van der Waals surface area contributed by atoms with E-state index in [-0.39, 0.29) is 6.04 Å². The standard InChI is InChI=1S/C17H26N4/c1-5-14-11-15(21(7-3)20-14)12-17(18-6-2)16-10-8-9-13(4)19-16/h8-11,17-18H,5-7,12H2,1-4H3. The van der Waals surface area contributed by atoms with Crippen LogP contribution in [0.5, 0.6) is 0 Å². The Morgan fingerprint density at radius 1 is 1.24 bits per heavy atom. The second-order valence-electron chi connectivity index (χ2n) is 5.31. The normalized spacial score (nSPS) is 12.6. The molecule has 0 saturated carbocycles. The summed E-state index contributed by atoms with van der Waals surface area (Å²) in [4.78, 5) is 4.68. The molecule has 0 saturated heterocycles. The lowest BCUT2D eigenvalue weighted by Gasteiger charge is -2.18. The van der Waals surface area contributed by atoms with Gasteiger partial charge in [-0.2, -0.15) is 5.10 Å². The van der Waals surface area contributed by atoms with Crippen molar-refractivity contribution >= 4 is 0 Å². The molecule has 1 atom stereocenters. The van der Waals surface area contributed by atoms with E-state index in [1.54, 1.807) is 0 Å². The van der Waals surface area contributed by atoms with Crippen molar-refractivity contribution in [3.8, 4) is 0 Å². The fourth-order valence-corrected chi connectivity index (χ4v) is 2.62. The molecule has 114 valence electrons. The van der Waals surface area contributed by atoms with Gasteiger partial charge in [-0.3, -0.25) is 9.67 Å². The molecule has 0 bridgehead atoms. The summed E-state index contributed by atoms with van der Waals surface area (Å²) in [5, 5.41) is 8.19. The topological polar surface area (TPSA) is 42.7 Å². The maximum Gasteiger partial charge on any atom is 0.0624 e. The van der Waals surface area contributed by atoms with Gasteiger partial charge in [0.25, 0.3) is 0 Å². The Balaban J connectivity index is 2.25. The average molecular weight is 286 g/mol. The Kier molecular flexibility index (Phi) is 5.51. The van der Waals surface area contributed by atoms with Crippen molar-refractivity contribution in [2.24, 2.45) is 0 Å². The molecule has 2 heterocycles. The molecule has 4 heteroatoms. The van der Waals surface area contributed by atoms with E-state index in [9.17, 15) is 0 Å². The first-order valence-corrected chi connectivity index (χ1v) is 7.90. The molecule has 2 rings (SSSR count). The molecule has 4 nitrogen and oxygen atoms in total. The Bertz CT molecular complexity index is 574. The van der Waals surface area contributed by atoms with Crippen molar-refractivity contribution in [3.05, 3.63) is 47.0 Å². The number of aromatic nitrogens is 3. The van der Waals surface area contributed by atoms with Gasteiger partial charge in [-0.15, -0.1) is 0 Å². The van der Waals surface area contributed by atoms with Crippen LogP contribution in [0.3, 0.4) is 0 Å². The zero-order chi connectivity index (χ0) is 15.2. The number of aryl methyl sites for hydroxylation is 3. The Morgan fingerprint density at radius 3 is 2.67 bits per heavy atom. The highest BCUT2D eigenvalue weighted by Crippen LogP contribution is 2.18. The molecule has 2 aromatic rings. The van der Waals surface area contributed by atoms with E-state index >= 15 is 0 Å². The van der Waals surface area contributed by atoms with Crippen LogP contribution in [0.25, 0.3) is 0 Å². The number of likely N-dealkylation sites (N-methyl/N-ethyl adjacent to an activating group) is 1. The number of hydrogen-bond donors (Lipinski definition) is 1. The molecule has 0 aromatic carbocycles. The Hall–Kier alpha value is -1.68. The van der Waals surface area contributed by atoms with Gasteiger partial charge in [0.05, 0.1) is 17.4 Å². The molecular weight excluding hydrogens is 260 g/mol. The van der Waals surface area contributed by atoms with Crippen molar-refractivity contribution in [2.75, 3.05) is 6.54 Å². The summed E-state index contributed by atoms with van der Waals surface area (Å²) in [7, 11) is 0. The number of pyridine rings is 1. The van der Waals surface area contributed by atoms with Crippen molar-refractivity contribution in [2.45, 2.75) is 53.1 Å². The lowest BCUT2D eigenvalue weighted by atomic mass is 10.1. The van der Waals surface area contributed by atoms with Gasteiger partial charge in [0.15, 0.2) is 0 Å². The zero-order valence-corrected chi connectivity index (χ0v) is 13.6. The molecule has 0 radical (unpaired) electrons. The van der Waals surface area contributed by atoms with Crippen LogP contribution in [0.1, 0.15) is 49.6 Å². The minimum absolute atomic E-state index is 0.238. The molecular formula is C17H26N4. The quantitative estimate of drug-likeness (QED) is 0.850. The highest BCUT2D eigenvalue weighted by Gasteiger charge is 2.16. The molecule has 0 aliphatic rings. The van der Waals surface area contributed by atoms with Gasteiger partial charge < -0.3 is 5.32 Å². The van der Waals surface area contributed by atoms with E-state index in [1.165, 1.54) is 11.4 Å². The van der Waals surface area contributed by atoms with E-state index in [0.29, 0.717) is 0 Å². The number of nitrogens with one attached hydrogen (secondary N) is 1. The molecule has 0 aliphatic carbocycles. The van der Waals surface area contributed by atoms with Crippen LogP contribution < -0.4 is 5.32 Å². The molecule has 1 unspecified atom stereocenters. The van der Waals surface area contributed by atoms with E-state index in [2.05, 4.69) is 59.1 Å².